The Morgan fingerprint density at radius 3 is 2.29 bits per heavy atom. The summed E-state index contributed by atoms with van der Waals surface area (Å²) >= 11 is 0. The van der Waals surface area contributed by atoms with Crippen LogP contribution in [0.4, 0.5) is 0 Å². The van der Waals surface area contributed by atoms with Crippen molar-refractivity contribution in [3.8, 4) is 0 Å². The smallest absolute Gasteiger partial charge is 0.219 e. The number of carbonyl (C=O) groups excluding carboxylic acids is 1. The summed E-state index contributed by atoms with van der Waals surface area (Å²) in [5, 5.41) is 13.0. The summed E-state index contributed by atoms with van der Waals surface area (Å²) < 4.78 is 0. The van der Waals surface area contributed by atoms with E-state index in [0.717, 1.165) is 11.6 Å². The summed E-state index contributed by atoms with van der Waals surface area (Å²) in [4.78, 5) is 15.9. The molecule has 0 atom stereocenters. The molecule has 152 valence electrons. The van der Waals surface area contributed by atoms with Crippen LogP contribution in [-0.2, 0) is 11.2 Å². The molecule has 1 aliphatic carbocycles. The molecule has 0 unspecified atom stereocenters. The van der Waals surface area contributed by atoms with Gasteiger partial charge < -0.3 is 10.0 Å². The van der Waals surface area contributed by atoms with Crippen molar-refractivity contribution >= 4 is 12.0 Å². The topological polar surface area (TPSA) is 46.6 Å². The number of carbonyl (C=O) groups is 1. The van der Waals surface area contributed by atoms with E-state index in [1.54, 1.807) is 17.4 Å². The van der Waals surface area contributed by atoms with E-state index in [0.29, 0.717) is 32.4 Å². The predicted molar refractivity (Wildman–Crippen MR) is 111 cm³/mol. The van der Waals surface area contributed by atoms with Gasteiger partial charge in [0.25, 0.3) is 0 Å². The number of nitrogens with zero attached hydrogens (tertiary/aromatic N) is 2. The molecule has 0 spiro atoms. The Balaban J connectivity index is 1.30. The van der Waals surface area contributed by atoms with Crippen molar-refractivity contribution in [2.75, 3.05) is 26.2 Å². The molecule has 3 aliphatic rings. The number of likely N-dealkylation sites (tertiary alicyclic amines) is 2. The van der Waals surface area contributed by atoms with Crippen molar-refractivity contribution in [1.29, 1.82) is 0 Å². The van der Waals surface area contributed by atoms with Crippen LogP contribution in [0.3, 0.4) is 0 Å². The van der Waals surface area contributed by atoms with Crippen molar-refractivity contribution in [3.05, 3.63) is 41.0 Å². The van der Waals surface area contributed by atoms with Gasteiger partial charge >= 0.3 is 0 Å². The van der Waals surface area contributed by atoms with Crippen molar-refractivity contribution in [3.63, 3.8) is 0 Å². The minimum atomic E-state index is -0.930. The highest BCUT2D eigenvalue weighted by Crippen LogP contribution is 2.29. The fourth-order valence-corrected chi connectivity index (χ4v) is 4.82. The second kappa shape index (κ2) is 8.38. The van der Waals surface area contributed by atoms with Gasteiger partial charge in [0.15, 0.2) is 0 Å². The minimum Gasteiger partial charge on any atom is -0.849 e. The number of hydrogen-bond donors (Lipinski definition) is 0. The van der Waals surface area contributed by atoms with Crippen LogP contribution in [0.25, 0.3) is 6.08 Å². The summed E-state index contributed by atoms with van der Waals surface area (Å²) in [5.74, 6) is 0.0814. The first-order valence-electron chi connectivity index (χ1n) is 11.0. The molecule has 0 aromatic heterocycles. The van der Waals surface area contributed by atoms with Crippen LogP contribution in [0, 0.1) is 0 Å². The van der Waals surface area contributed by atoms with E-state index >= 15 is 0 Å². The summed E-state index contributed by atoms with van der Waals surface area (Å²) in [6.07, 6.45) is 10.6. The predicted octanol–water partition coefficient (Wildman–Crippen LogP) is 3.00. The van der Waals surface area contributed by atoms with E-state index < -0.39 is 5.60 Å². The van der Waals surface area contributed by atoms with Gasteiger partial charge in [0.05, 0.1) is 0 Å². The highest BCUT2D eigenvalue weighted by atomic mass is 16.3. The van der Waals surface area contributed by atoms with E-state index in [9.17, 15) is 9.90 Å². The maximum Gasteiger partial charge on any atom is 0.219 e. The van der Waals surface area contributed by atoms with Gasteiger partial charge in [0.1, 0.15) is 0 Å². The fourth-order valence-electron chi connectivity index (χ4n) is 4.82. The number of benzene rings is 1. The molecule has 2 aliphatic heterocycles. The zero-order chi connectivity index (χ0) is 19.6. The molecule has 1 amide bonds. The molecule has 0 bridgehead atoms. The average molecular weight is 382 g/mol. The second-order valence-electron chi connectivity index (χ2n) is 9.03. The molecule has 1 saturated carbocycles. The fraction of sp³-hybridized carbons (Fsp3) is 0.625. The Kier molecular flexibility index (Phi) is 5.88. The highest BCUT2D eigenvalue weighted by Gasteiger charge is 2.27. The van der Waals surface area contributed by atoms with Crippen molar-refractivity contribution in [2.45, 2.75) is 69.9 Å². The summed E-state index contributed by atoms with van der Waals surface area (Å²) in [6, 6.07) is 9.42. The van der Waals surface area contributed by atoms with Gasteiger partial charge in [-0.2, -0.15) is 0 Å². The van der Waals surface area contributed by atoms with E-state index in [1.165, 1.54) is 50.8 Å². The zero-order valence-electron chi connectivity index (χ0n) is 17.2. The van der Waals surface area contributed by atoms with Crippen LogP contribution in [0.2, 0.25) is 0 Å². The Labute approximate surface area is 169 Å². The summed E-state index contributed by atoms with van der Waals surface area (Å²) in [7, 11) is 0. The normalized spacial score (nSPS) is 23.4. The SMILES string of the molecule is CC(=O)N1CCC([O-])(Cc2ccc(C=C3CCN(C4CCC4)CC3)cc2)CC1. The number of amides is 1. The third-order valence-electron chi connectivity index (χ3n) is 7.03. The van der Waals surface area contributed by atoms with Gasteiger partial charge in [-0.25, -0.2) is 0 Å². The van der Waals surface area contributed by atoms with Crippen molar-refractivity contribution in [2.24, 2.45) is 0 Å². The largest absolute Gasteiger partial charge is 0.849 e. The van der Waals surface area contributed by atoms with E-state index in [-0.39, 0.29) is 5.91 Å². The lowest BCUT2D eigenvalue weighted by Gasteiger charge is -2.47. The molecular weight excluding hydrogens is 348 g/mol. The Hall–Kier alpha value is -1.65. The van der Waals surface area contributed by atoms with Crippen LogP contribution in [0.5, 0.6) is 0 Å². The van der Waals surface area contributed by atoms with Crippen LogP contribution >= 0.6 is 0 Å². The highest BCUT2D eigenvalue weighted by molar-refractivity contribution is 5.73. The quantitative estimate of drug-likeness (QED) is 0.805. The molecule has 4 nitrogen and oxygen atoms in total. The summed E-state index contributed by atoms with van der Waals surface area (Å²) in [5.41, 5.74) is 3.00. The third-order valence-corrected chi connectivity index (χ3v) is 7.03. The number of hydrogen-bond acceptors (Lipinski definition) is 3. The zero-order valence-corrected chi connectivity index (χ0v) is 17.2. The lowest BCUT2D eigenvalue weighted by Crippen LogP contribution is -2.55. The lowest BCUT2D eigenvalue weighted by molar-refractivity contribution is -0.484. The first-order chi connectivity index (χ1) is 13.5. The van der Waals surface area contributed by atoms with Gasteiger partial charge in [0, 0.05) is 39.1 Å². The number of rotatable bonds is 4. The van der Waals surface area contributed by atoms with Crippen LogP contribution in [-0.4, -0.2) is 53.5 Å². The standard InChI is InChI=1S/C24H33N2O2/c1-19(27)25-15-11-24(28,12-16-25)18-22-7-5-20(6-8-22)17-21-9-13-26(14-10-21)23-3-2-4-23/h5-8,17,23H,2-4,9-16,18H2,1H3/q-1. The average Bonchev–Trinajstić information content (AvgIpc) is 2.64. The molecule has 1 aromatic rings. The number of piperidine rings is 2. The molecule has 28 heavy (non-hydrogen) atoms. The van der Waals surface area contributed by atoms with Gasteiger partial charge in [-0.05, 0) is 56.1 Å². The molecule has 4 heteroatoms. The Bertz CT molecular complexity index is 703. The molecular formula is C24H33N2O2-. The first kappa shape index (κ1) is 19.7. The monoisotopic (exact) mass is 381 g/mol. The molecule has 4 rings (SSSR count). The van der Waals surface area contributed by atoms with Crippen LogP contribution in [0.1, 0.15) is 63.0 Å². The molecule has 1 aromatic carbocycles. The first-order valence-corrected chi connectivity index (χ1v) is 11.0. The molecule has 0 N–H and O–H groups in total. The third kappa shape index (κ3) is 4.66. The van der Waals surface area contributed by atoms with Gasteiger partial charge in [-0.1, -0.05) is 42.3 Å². The maximum absolute atomic E-state index is 13.0. The van der Waals surface area contributed by atoms with Gasteiger partial charge in [-0.3, -0.25) is 9.69 Å². The van der Waals surface area contributed by atoms with Crippen LogP contribution < -0.4 is 5.11 Å². The Morgan fingerprint density at radius 2 is 1.75 bits per heavy atom. The lowest BCUT2D eigenvalue weighted by atomic mass is 9.85. The van der Waals surface area contributed by atoms with Crippen molar-refractivity contribution in [1.82, 2.24) is 9.80 Å². The molecule has 2 saturated heterocycles. The molecule has 0 radical (unpaired) electrons. The van der Waals surface area contributed by atoms with E-state index in [2.05, 4.69) is 35.2 Å². The summed E-state index contributed by atoms with van der Waals surface area (Å²) in [6.45, 7) is 5.21. The molecule has 3 fully saturated rings. The minimum absolute atomic E-state index is 0.0814. The maximum atomic E-state index is 13.0. The van der Waals surface area contributed by atoms with Gasteiger partial charge in [0.2, 0.25) is 5.91 Å². The van der Waals surface area contributed by atoms with Gasteiger partial charge in [-0.15, -0.1) is 5.60 Å². The van der Waals surface area contributed by atoms with E-state index in [1.807, 2.05) is 0 Å². The van der Waals surface area contributed by atoms with Crippen LogP contribution in [0.15, 0.2) is 29.8 Å². The van der Waals surface area contributed by atoms with E-state index in [4.69, 9.17) is 0 Å². The van der Waals surface area contributed by atoms with Crippen molar-refractivity contribution < 1.29 is 9.90 Å². The Morgan fingerprint density at radius 1 is 1.11 bits per heavy atom. The molecule has 2 heterocycles. The second-order valence-corrected chi connectivity index (χ2v) is 9.03.